The number of benzene rings is 2. The van der Waals surface area contributed by atoms with Gasteiger partial charge < -0.3 is 19.9 Å². The molecule has 28 heavy (non-hydrogen) atoms. The van der Waals surface area contributed by atoms with Gasteiger partial charge >= 0.3 is 0 Å². The first kappa shape index (κ1) is 18.3. The van der Waals surface area contributed by atoms with Gasteiger partial charge in [0.25, 0.3) is 11.8 Å². The van der Waals surface area contributed by atoms with Crippen LogP contribution in [0.4, 0.5) is 0 Å². The molecule has 6 heteroatoms. The Morgan fingerprint density at radius 2 is 1.82 bits per heavy atom. The molecular weight excluding hydrogens is 354 g/mol. The van der Waals surface area contributed by atoms with E-state index in [1.165, 1.54) is 10.9 Å². The molecule has 0 atom stereocenters. The number of rotatable bonds is 5. The van der Waals surface area contributed by atoms with Crippen molar-refractivity contribution in [2.24, 2.45) is 0 Å². The summed E-state index contributed by atoms with van der Waals surface area (Å²) in [5.74, 6) is -0.229. The quantitative estimate of drug-likeness (QED) is 0.718. The van der Waals surface area contributed by atoms with Gasteiger partial charge in [0, 0.05) is 47.9 Å². The summed E-state index contributed by atoms with van der Waals surface area (Å²) in [6, 6.07) is 15.0. The molecule has 2 N–H and O–H groups in total. The Balaban J connectivity index is 1.37. The molecule has 1 saturated heterocycles. The van der Waals surface area contributed by atoms with E-state index in [1.54, 1.807) is 29.2 Å². The van der Waals surface area contributed by atoms with E-state index < -0.39 is 0 Å². The van der Waals surface area contributed by atoms with Crippen LogP contribution in [0, 0.1) is 0 Å². The van der Waals surface area contributed by atoms with Crippen molar-refractivity contribution in [2.45, 2.75) is 6.42 Å². The zero-order valence-electron chi connectivity index (χ0n) is 15.6. The van der Waals surface area contributed by atoms with E-state index in [4.69, 9.17) is 4.74 Å². The lowest BCUT2D eigenvalue weighted by atomic mass is 10.1. The van der Waals surface area contributed by atoms with Gasteiger partial charge in [-0.05, 0) is 36.2 Å². The molecule has 0 radical (unpaired) electrons. The largest absolute Gasteiger partial charge is 0.378 e. The summed E-state index contributed by atoms with van der Waals surface area (Å²) in [5.41, 5.74) is 3.30. The second-order valence-corrected chi connectivity index (χ2v) is 6.85. The lowest BCUT2D eigenvalue weighted by Crippen LogP contribution is -2.40. The van der Waals surface area contributed by atoms with Crippen LogP contribution in [0.2, 0.25) is 0 Å². The summed E-state index contributed by atoms with van der Waals surface area (Å²) in [7, 11) is 0. The molecular formula is C22H23N3O3. The highest BCUT2D eigenvalue weighted by atomic mass is 16.5. The molecule has 2 amide bonds. The number of para-hydroxylation sites is 1. The fraction of sp³-hybridized carbons (Fsp3) is 0.273. The normalized spacial score (nSPS) is 14.2. The van der Waals surface area contributed by atoms with Crippen LogP contribution in [-0.4, -0.2) is 54.5 Å². The molecule has 0 unspecified atom stereocenters. The summed E-state index contributed by atoms with van der Waals surface area (Å²) in [5, 5.41) is 4.13. The molecule has 1 aliphatic rings. The van der Waals surface area contributed by atoms with Crippen molar-refractivity contribution in [3.8, 4) is 0 Å². The zero-order valence-corrected chi connectivity index (χ0v) is 15.6. The average Bonchev–Trinajstić information content (AvgIpc) is 3.17. The highest BCUT2D eigenvalue weighted by Gasteiger charge is 2.19. The SMILES string of the molecule is O=C(NCCc1c[nH]c2ccccc12)c1cccc(C(=O)N2CCOCC2)c1. The van der Waals surface area contributed by atoms with Crippen LogP contribution in [0.5, 0.6) is 0 Å². The van der Waals surface area contributed by atoms with Crippen molar-refractivity contribution >= 4 is 22.7 Å². The van der Waals surface area contributed by atoms with Crippen LogP contribution in [0.3, 0.4) is 0 Å². The van der Waals surface area contributed by atoms with Crippen LogP contribution >= 0.6 is 0 Å². The molecule has 3 aromatic rings. The lowest BCUT2D eigenvalue weighted by Gasteiger charge is -2.27. The number of hydrogen-bond donors (Lipinski definition) is 2. The molecule has 6 nitrogen and oxygen atoms in total. The molecule has 1 aromatic heterocycles. The van der Waals surface area contributed by atoms with Crippen molar-refractivity contribution in [3.63, 3.8) is 0 Å². The van der Waals surface area contributed by atoms with E-state index in [0.29, 0.717) is 44.0 Å². The first-order valence-electron chi connectivity index (χ1n) is 9.52. The van der Waals surface area contributed by atoms with E-state index >= 15 is 0 Å². The molecule has 1 fully saturated rings. The number of fused-ring (bicyclic) bond motifs is 1. The molecule has 4 rings (SSSR count). The van der Waals surface area contributed by atoms with Gasteiger partial charge in [0.1, 0.15) is 0 Å². The molecule has 2 heterocycles. The van der Waals surface area contributed by atoms with Gasteiger partial charge in [-0.3, -0.25) is 9.59 Å². The fourth-order valence-electron chi connectivity index (χ4n) is 3.49. The van der Waals surface area contributed by atoms with Crippen LogP contribution in [0.15, 0.2) is 54.7 Å². The van der Waals surface area contributed by atoms with Gasteiger partial charge in [0.2, 0.25) is 0 Å². The first-order chi connectivity index (χ1) is 13.7. The summed E-state index contributed by atoms with van der Waals surface area (Å²) in [4.78, 5) is 30.1. The monoisotopic (exact) mass is 377 g/mol. The number of H-pyrrole nitrogens is 1. The number of carbonyl (C=O) groups is 2. The Kier molecular flexibility index (Phi) is 5.39. The molecule has 1 aliphatic heterocycles. The van der Waals surface area contributed by atoms with Crippen molar-refractivity contribution in [1.29, 1.82) is 0 Å². The van der Waals surface area contributed by atoms with Gasteiger partial charge in [-0.1, -0.05) is 24.3 Å². The van der Waals surface area contributed by atoms with E-state index in [2.05, 4.69) is 16.4 Å². The fourth-order valence-corrected chi connectivity index (χ4v) is 3.49. The van der Waals surface area contributed by atoms with Crippen molar-refractivity contribution in [2.75, 3.05) is 32.8 Å². The number of amides is 2. The molecule has 0 bridgehead atoms. The molecule has 0 aliphatic carbocycles. The Bertz CT molecular complexity index is 989. The summed E-state index contributed by atoms with van der Waals surface area (Å²) >= 11 is 0. The Labute approximate surface area is 163 Å². The van der Waals surface area contributed by atoms with Gasteiger partial charge in [0.05, 0.1) is 13.2 Å². The first-order valence-corrected chi connectivity index (χ1v) is 9.52. The van der Waals surface area contributed by atoms with E-state index in [-0.39, 0.29) is 11.8 Å². The minimum absolute atomic E-state index is 0.0586. The third-order valence-corrected chi connectivity index (χ3v) is 5.02. The summed E-state index contributed by atoms with van der Waals surface area (Å²) in [6.45, 7) is 2.81. The third-order valence-electron chi connectivity index (χ3n) is 5.02. The number of hydrogen-bond acceptors (Lipinski definition) is 3. The lowest BCUT2D eigenvalue weighted by molar-refractivity contribution is 0.0303. The number of aromatic nitrogens is 1. The number of nitrogens with zero attached hydrogens (tertiary/aromatic N) is 1. The van der Waals surface area contributed by atoms with Gasteiger partial charge in [-0.2, -0.15) is 0 Å². The van der Waals surface area contributed by atoms with Crippen LogP contribution < -0.4 is 5.32 Å². The Morgan fingerprint density at radius 1 is 1.04 bits per heavy atom. The van der Waals surface area contributed by atoms with Crippen molar-refractivity contribution < 1.29 is 14.3 Å². The molecule has 0 spiro atoms. The minimum Gasteiger partial charge on any atom is -0.378 e. The van der Waals surface area contributed by atoms with Crippen molar-refractivity contribution in [3.05, 3.63) is 71.4 Å². The molecule has 0 saturated carbocycles. The maximum atomic E-state index is 12.6. The number of ether oxygens (including phenoxy) is 1. The van der Waals surface area contributed by atoms with Crippen LogP contribution in [0.1, 0.15) is 26.3 Å². The van der Waals surface area contributed by atoms with Crippen LogP contribution in [0.25, 0.3) is 10.9 Å². The number of morpholine rings is 1. The zero-order chi connectivity index (χ0) is 19.3. The maximum Gasteiger partial charge on any atom is 0.254 e. The smallest absolute Gasteiger partial charge is 0.254 e. The van der Waals surface area contributed by atoms with Gasteiger partial charge in [-0.25, -0.2) is 0 Å². The van der Waals surface area contributed by atoms with Crippen molar-refractivity contribution in [1.82, 2.24) is 15.2 Å². The molecule has 144 valence electrons. The predicted molar refractivity (Wildman–Crippen MR) is 108 cm³/mol. The average molecular weight is 377 g/mol. The van der Waals surface area contributed by atoms with Crippen LogP contribution in [-0.2, 0) is 11.2 Å². The van der Waals surface area contributed by atoms with E-state index in [9.17, 15) is 9.59 Å². The second kappa shape index (κ2) is 8.27. The molecule has 2 aromatic carbocycles. The number of nitrogens with one attached hydrogen (secondary N) is 2. The van der Waals surface area contributed by atoms with E-state index in [0.717, 1.165) is 11.9 Å². The van der Waals surface area contributed by atoms with E-state index in [1.807, 2.05) is 24.4 Å². The summed E-state index contributed by atoms with van der Waals surface area (Å²) in [6.07, 6.45) is 2.72. The third kappa shape index (κ3) is 3.92. The standard InChI is InChI=1S/C22H23N3O3/c26-21(23-9-8-18-15-24-20-7-2-1-6-19(18)20)16-4-3-5-17(14-16)22(27)25-10-12-28-13-11-25/h1-7,14-15,24H,8-13H2,(H,23,26). The minimum atomic E-state index is -0.170. The second-order valence-electron chi connectivity index (χ2n) is 6.85. The summed E-state index contributed by atoms with van der Waals surface area (Å²) < 4.78 is 5.29. The van der Waals surface area contributed by atoms with Gasteiger partial charge in [-0.15, -0.1) is 0 Å². The topological polar surface area (TPSA) is 74.4 Å². The highest BCUT2D eigenvalue weighted by molar-refractivity contribution is 5.99. The number of carbonyl (C=O) groups excluding carboxylic acids is 2. The Morgan fingerprint density at radius 3 is 2.68 bits per heavy atom. The predicted octanol–water partition coefficient (Wildman–Crippen LogP) is 2.61. The highest BCUT2D eigenvalue weighted by Crippen LogP contribution is 2.17. The Hall–Kier alpha value is -3.12. The number of aromatic amines is 1. The maximum absolute atomic E-state index is 12.6. The van der Waals surface area contributed by atoms with Gasteiger partial charge in [0.15, 0.2) is 0 Å².